The van der Waals surface area contributed by atoms with Crippen LogP contribution >= 0.6 is 11.6 Å². The van der Waals surface area contributed by atoms with Crippen LogP contribution in [0.3, 0.4) is 0 Å². The smallest absolute Gasteiger partial charge is 0.253 e. The monoisotopic (exact) mass is 454 g/mol. The van der Waals surface area contributed by atoms with E-state index in [9.17, 15) is 14.0 Å². The van der Waals surface area contributed by atoms with Gasteiger partial charge in [-0.15, -0.1) is 0 Å². The summed E-state index contributed by atoms with van der Waals surface area (Å²) < 4.78 is 15.1. The molecule has 2 heterocycles. The maximum absolute atomic E-state index is 13.2. The number of aryl methyl sites for hydroxylation is 1. The number of nitrogens with one attached hydrogen (secondary N) is 1. The van der Waals surface area contributed by atoms with Crippen molar-refractivity contribution in [1.29, 1.82) is 0 Å². The molecule has 0 spiro atoms. The SMILES string of the molecule is Cn1ccnc1C(NC(=O)C1CCCN(C(=O)c2ccc(F)cc2)C1)c1ccc(Cl)cc1. The summed E-state index contributed by atoms with van der Waals surface area (Å²) in [4.78, 5) is 32.2. The Morgan fingerprint density at radius 3 is 2.53 bits per heavy atom. The molecule has 32 heavy (non-hydrogen) atoms. The van der Waals surface area contributed by atoms with E-state index in [0.29, 0.717) is 35.9 Å². The van der Waals surface area contributed by atoms with Gasteiger partial charge < -0.3 is 14.8 Å². The van der Waals surface area contributed by atoms with Gasteiger partial charge in [0.15, 0.2) is 0 Å². The molecule has 0 saturated carbocycles. The van der Waals surface area contributed by atoms with E-state index in [0.717, 1.165) is 12.0 Å². The number of halogens is 2. The summed E-state index contributed by atoms with van der Waals surface area (Å²) >= 11 is 6.04. The molecule has 6 nitrogen and oxygen atoms in total. The molecule has 1 N–H and O–H groups in total. The van der Waals surface area contributed by atoms with Gasteiger partial charge in [0.2, 0.25) is 5.91 Å². The molecule has 0 radical (unpaired) electrons. The molecule has 1 aliphatic heterocycles. The van der Waals surface area contributed by atoms with E-state index >= 15 is 0 Å². The number of piperidine rings is 1. The Morgan fingerprint density at radius 1 is 1.16 bits per heavy atom. The number of aromatic nitrogens is 2. The lowest BCUT2D eigenvalue weighted by atomic mass is 9.95. The Balaban J connectivity index is 1.50. The number of carbonyl (C=O) groups excluding carboxylic acids is 2. The van der Waals surface area contributed by atoms with Gasteiger partial charge in [0.25, 0.3) is 5.91 Å². The van der Waals surface area contributed by atoms with E-state index in [1.807, 2.05) is 29.9 Å². The third-order valence-corrected chi connectivity index (χ3v) is 6.03. The van der Waals surface area contributed by atoms with Crippen LogP contribution in [0, 0.1) is 11.7 Å². The molecule has 1 fully saturated rings. The molecule has 2 atom stereocenters. The molecular weight excluding hydrogens is 431 g/mol. The fourth-order valence-electron chi connectivity index (χ4n) is 4.02. The van der Waals surface area contributed by atoms with Gasteiger partial charge in [0, 0.05) is 43.1 Å². The van der Waals surface area contributed by atoms with E-state index in [-0.39, 0.29) is 23.5 Å². The Morgan fingerprint density at radius 2 is 1.88 bits per heavy atom. The van der Waals surface area contributed by atoms with Crippen molar-refractivity contribution in [2.75, 3.05) is 13.1 Å². The number of carbonyl (C=O) groups is 2. The Bertz CT molecular complexity index is 1100. The molecule has 0 aliphatic carbocycles. The number of likely N-dealkylation sites (tertiary alicyclic amines) is 1. The topological polar surface area (TPSA) is 67.2 Å². The standard InChI is InChI=1S/C24H24ClFN4O2/c1-29-14-12-27-22(29)21(16-4-8-19(25)9-5-16)28-23(31)18-3-2-13-30(15-18)24(32)17-6-10-20(26)11-7-17/h4-12,14,18,21H,2-3,13,15H2,1H3,(H,28,31). The summed E-state index contributed by atoms with van der Waals surface area (Å²) in [7, 11) is 1.88. The Labute approximate surface area is 191 Å². The molecule has 2 amide bonds. The fraction of sp³-hybridized carbons (Fsp3) is 0.292. The molecular formula is C24H24ClFN4O2. The molecule has 2 aromatic carbocycles. The molecule has 8 heteroatoms. The van der Waals surface area contributed by atoms with Gasteiger partial charge in [-0.05, 0) is 54.8 Å². The first kappa shape index (κ1) is 22.0. The van der Waals surface area contributed by atoms with Gasteiger partial charge in [-0.1, -0.05) is 23.7 Å². The zero-order valence-corrected chi connectivity index (χ0v) is 18.4. The highest BCUT2D eigenvalue weighted by Gasteiger charge is 2.31. The molecule has 1 aromatic heterocycles. The molecule has 4 rings (SSSR count). The third-order valence-electron chi connectivity index (χ3n) is 5.78. The van der Waals surface area contributed by atoms with E-state index in [4.69, 9.17) is 11.6 Å². The minimum absolute atomic E-state index is 0.135. The molecule has 2 unspecified atom stereocenters. The number of amides is 2. The average molecular weight is 455 g/mol. The van der Waals surface area contributed by atoms with Crippen molar-refractivity contribution in [3.63, 3.8) is 0 Å². The van der Waals surface area contributed by atoms with Crippen molar-refractivity contribution >= 4 is 23.4 Å². The zero-order chi connectivity index (χ0) is 22.7. The Kier molecular flexibility index (Phi) is 6.55. The first-order chi connectivity index (χ1) is 15.4. The number of nitrogens with zero attached hydrogens (tertiary/aromatic N) is 3. The average Bonchev–Trinajstić information content (AvgIpc) is 3.23. The van der Waals surface area contributed by atoms with Crippen molar-refractivity contribution in [2.24, 2.45) is 13.0 Å². The summed E-state index contributed by atoms with van der Waals surface area (Å²) in [5, 5.41) is 3.73. The summed E-state index contributed by atoms with van der Waals surface area (Å²) in [5.41, 5.74) is 1.28. The van der Waals surface area contributed by atoms with Crippen LogP contribution in [0.5, 0.6) is 0 Å². The van der Waals surface area contributed by atoms with Crippen LogP contribution in [0.4, 0.5) is 4.39 Å². The highest BCUT2D eigenvalue weighted by Crippen LogP contribution is 2.25. The van der Waals surface area contributed by atoms with Crippen molar-refractivity contribution in [1.82, 2.24) is 19.8 Å². The van der Waals surface area contributed by atoms with Gasteiger partial charge in [-0.2, -0.15) is 0 Å². The lowest BCUT2D eigenvalue weighted by Gasteiger charge is -2.33. The normalized spacial score (nSPS) is 17.1. The number of rotatable bonds is 5. The van der Waals surface area contributed by atoms with Crippen molar-refractivity contribution < 1.29 is 14.0 Å². The minimum Gasteiger partial charge on any atom is -0.342 e. The molecule has 166 valence electrons. The van der Waals surface area contributed by atoms with Gasteiger partial charge in [-0.3, -0.25) is 9.59 Å². The summed E-state index contributed by atoms with van der Waals surface area (Å²) in [5.74, 6) is -0.357. The first-order valence-corrected chi connectivity index (χ1v) is 10.9. The number of imidazole rings is 1. The van der Waals surface area contributed by atoms with Crippen molar-refractivity contribution in [3.8, 4) is 0 Å². The molecule has 3 aromatic rings. The van der Waals surface area contributed by atoms with Crippen LogP contribution in [0.25, 0.3) is 0 Å². The predicted molar refractivity (Wildman–Crippen MR) is 120 cm³/mol. The van der Waals surface area contributed by atoms with Gasteiger partial charge in [0.05, 0.1) is 5.92 Å². The number of hydrogen-bond acceptors (Lipinski definition) is 3. The summed E-state index contributed by atoms with van der Waals surface area (Å²) in [6.07, 6.45) is 4.92. The van der Waals surface area contributed by atoms with Gasteiger partial charge in [0.1, 0.15) is 17.7 Å². The molecule has 1 aliphatic rings. The van der Waals surface area contributed by atoms with Crippen molar-refractivity contribution in [3.05, 3.63) is 88.7 Å². The highest BCUT2D eigenvalue weighted by molar-refractivity contribution is 6.30. The van der Waals surface area contributed by atoms with Crippen LogP contribution in [-0.4, -0.2) is 39.4 Å². The second-order valence-corrected chi connectivity index (χ2v) is 8.42. The third kappa shape index (κ3) is 4.83. The molecule has 0 bridgehead atoms. The highest BCUT2D eigenvalue weighted by atomic mass is 35.5. The fourth-order valence-corrected chi connectivity index (χ4v) is 4.14. The maximum Gasteiger partial charge on any atom is 0.253 e. The van der Waals surface area contributed by atoms with E-state index < -0.39 is 6.04 Å². The Hall–Kier alpha value is -3.19. The zero-order valence-electron chi connectivity index (χ0n) is 17.7. The molecule has 1 saturated heterocycles. The predicted octanol–water partition coefficient (Wildman–Crippen LogP) is 3.97. The van der Waals surface area contributed by atoms with E-state index in [1.165, 1.54) is 24.3 Å². The number of hydrogen-bond donors (Lipinski definition) is 1. The lowest BCUT2D eigenvalue weighted by Crippen LogP contribution is -2.46. The van der Waals surface area contributed by atoms with Crippen LogP contribution in [-0.2, 0) is 11.8 Å². The van der Waals surface area contributed by atoms with Crippen molar-refractivity contribution in [2.45, 2.75) is 18.9 Å². The van der Waals surface area contributed by atoms with Crippen LogP contribution in [0.2, 0.25) is 5.02 Å². The van der Waals surface area contributed by atoms with Gasteiger partial charge in [-0.25, -0.2) is 9.37 Å². The quantitative estimate of drug-likeness (QED) is 0.634. The van der Waals surface area contributed by atoms with Crippen LogP contribution < -0.4 is 5.32 Å². The van der Waals surface area contributed by atoms with E-state index in [2.05, 4.69) is 10.3 Å². The number of benzene rings is 2. The first-order valence-electron chi connectivity index (χ1n) is 10.5. The summed E-state index contributed by atoms with van der Waals surface area (Å²) in [6.45, 7) is 0.885. The maximum atomic E-state index is 13.2. The minimum atomic E-state index is -0.442. The largest absolute Gasteiger partial charge is 0.342 e. The second-order valence-electron chi connectivity index (χ2n) is 7.99. The lowest BCUT2D eigenvalue weighted by molar-refractivity contribution is -0.126. The van der Waals surface area contributed by atoms with Gasteiger partial charge >= 0.3 is 0 Å². The second kappa shape index (κ2) is 9.53. The van der Waals surface area contributed by atoms with E-state index in [1.54, 1.807) is 23.2 Å². The summed E-state index contributed by atoms with van der Waals surface area (Å²) in [6, 6.07) is 12.3. The van der Waals surface area contributed by atoms with Crippen LogP contribution in [0.1, 0.15) is 40.6 Å². The van der Waals surface area contributed by atoms with Crippen LogP contribution in [0.15, 0.2) is 60.9 Å².